The van der Waals surface area contributed by atoms with Crippen molar-refractivity contribution in [3.05, 3.63) is 51.5 Å². The summed E-state index contributed by atoms with van der Waals surface area (Å²) in [6.07, 6.45) is 1.65. The van der Waals surface area contributed by atoms with Gasteiger partial charge in [0, 0.05) is 15.8 Å². The maximum absolute atomic E-state index is 13.6. The van der Waals surface area contributed by atoms with Crippen molar-refractivity contribution in [2.75, 3.05) is 7.11 Å². The standard InChI is InChI=1S/C15H18FNOS/c1-3-11-5-7-15(19-11)13(17)9-10-4-6-14(18-2)12(16)8-10/h4-8,13H,3,9,17H2,1-2H3. The third-order valence-corrected chi connectivity index (χ3v) is 4.43. The lowest BCUT2D eigenvalue weighted by molar-refractivity contribution is 0.386. The molecule has 0 spiro atoms. The van der Waals surface area contributed by atoms with Gasteiger partial charge >= 0.3 is 0 Å². The van der Waals surface area contributed by atoms with Crippen LogP contribution in [0.1, 0.15) is 28.3 Å². The van der Waals surface area contributed by atoms with Crippen LogP contribution < -0.4 is 10.5 Å². The quantitative estimate of drug-likeness (QED) is 0.905. The average molecular weight is 279 g/mol. The molecule has 1 unspecified atom stereocenters. The van der Waals surface area contributed by atoms with Gasteiger partial charge in [0.05, 0.1) is 7.11 Å². The highest BCUT2D eigenvalue weighted by atomic mass is 32.1. The van der Waals surface area contributed by atoms with Crippen molar-refractivity contribution in [2.24, 2.45) is 5.73 Å². The molecule has 0 aliphatic carbocycles. The summed E-state index contributed by atoms with van der Waals surface area (Å²) >= 11 is 1.73. The molecule has 0 fully saturated rings. The molecule has 1 atom stereocenters. The smallest absolute Gasteiger partial charge is 0.165 e. The van der Waals surface area contributed by atoms with Crippen LogP contribution in [0, 0.1) is 5.82 Å². The first kappa shape index (κ1) is 14.0. The van der Waals surface area contributed by atoms with Gasteiger partial charge in [-0.15, -0.1) is 11.3 Å². The Kier molecular flexibility index (Phi) is 4.56. The average Bonchev–Trinajstić information content (AvgIpc) is 2.88. The highest BCUT2D eigenvalue weighted by molar-refractivity contribution is 7.12. The van der Waals surface area contributed by atoms with Crippen molar-refractivity contribution in [3.8, 4) is 5.75 Å². The van der Waals surface area contributed by atoms with Crippen LogP contribution in [0.5, 0.6) is 5.75 Å². The summed E-state index contributed by atoms with van der Waals surface area (Å²) < 4.78 is 18.5. The van der Waals surface area contributed by atoms with Crippen molar-refractivity contribution in [1.82, 2.24) is 0 Å². The van der Waals surface area contributed by atoms with Crippen molar-refractivity contribution in [2.45, 2.75) is 25.8 Å². The highest BCUT2D eigenvalue weighted by Crippen LogP contribution is 2.26. The second-order valence-corrected chi connectivity index (χ2v) is 5.64. The summed E-state index contributed by atoms with van der Waals surface area (Å²) in [6.45, 7) is 2.12. The molecule has 19 heavy (non-hydrogen) atoms. The summed E-state index contributed by atoms with van der Waals surface area (Å²) in [4.78, 5) is 2.47. The van der Waals surface area contributed by atoms with Crippen LogP contribution in [0.3, 0.4) is 0 Å². The lowest BCUT2D eigenvalue weighted by atomic mass is 10.1. The van der Waals surface area contributed by atoms with Crippen LogP contribution >= 0.6 is 11.3 Å². The van der Waals surface area contributed by atoms with Gasteiger partial charge in [-0.25, -0.2) is 4.39 Å². The predicted molar refractivity (Wildman–Crippen MR) is 77.3 cm³/mol. The van der Waals surface area contributed by atoms with Crippen LogP contribution in [-0.4, -0.2) is 7.11 Å². The van der Waals surface area contributed by atoms with Crippen LogP contribution in [0.2, 0.25) is 0 Å². The summed E-state index contributed by atoms with van der Waals surface area (Å²) in [5.41, 5.74) is 7.06. The lowest BCUT2D eigenvalue weighted by Gasteiger charge is -2.10. The fraction of sp³-hybridized carbons (Fsp3) is 0.333. The van der Waals surface area contributed by atoms with E-state index in [-0.39, 0.29) is 17.6 Å². The minimum Gasteiger partial charge on any atom is -0.494 e. The van der Waals surface area contributed by atoms with E-state index in [0.29, 0.717) is 6.42 Å². The second kappa shape index (κ2) is 6.17. The van der Waals surface area contributed by atoms with E-state index in [1.807, 2.05) is 6.07 Å². The lowest BCUT2D eigenvalue weighted by Crippen LogP contribution is -2.11. The number of benzene rings is 1. The molecule has 1 heterocycles. The number of hydrogen-bond acceptors (Lipinski definition) is 3. The molecule has 102 valence electrons. The molecule has 0 saturated heterocycles. The van der Waals surface area contributed by atoms with Gasteiger partial charge < -0.3 is 10.5 Å². The molecule has 0 saturated carbocycles. The van der Waals surface area contributed by atoms with Crippen molar-refractivity contribution in [3.63, 3.8) is 0 Å². The number of methoxy groups -OCH3 is 1. The number of aryl methyl sites for hydroxylation is 1. The van der Waals surface area contributed by atoms with Crippen LogP contribution in [-0.2, 0) is 12.8 Å². The van der Waals surface area contributed by atoms with Gasteiger partial charge in [0.1, 0.15) is 0 Å². The Morgan fingerprint density at radius 2 is 2.11 bits per heavy atom. The summed E-state index contributed by atoms with van der Waals surface area (Å²) in [7, 11) is 1.46. The molecule has 1 aromatic carbocycles. The van der Waals surface area contributed by atoms with Gasteiger partial charge in [-0.2, -0.15) is 0 Å². The van der Waals surface area contributed by atoms with Gasteiger partial charge in [0.15, 0.2) is 11.6 Å². The van der Waals surface area contributed by atoms with E-state index in [1.54, 1.807) is 17.4 Å². The Labute approximate surface area is 117 Å². The third-order valence-electron chi connectivity index (χ3n) is 3.07. The van der Waals surface area contributed by atoms with Gasteiger partial charge in [-0.05, 0) is 42.7 Å². The Morgan fingerprint density at radius 3 is 2.68 bits per heavy atom. The minimum absolute atomic E-state index is 0.0851. The molecule has 4 heteroatoms. The van der Waals surface area contributed by atoms with E-state index < -0.39 is 0 Å². The maximum Gasteiger partial charge on any atom is 0.165 e. The molecular weight excluding hydrogens is 261 g/mol. The van der Waals surface area contributed by atoms with E-state index in [0.717, 1.165) is 16.9 Å². The monoisotopic (exact) mass is 279 g/mol. The van der Waals surface area contributed by atoms with E-state index in [9.17, 15) is 4.39 Å². The minimum atomic E-state index is -0.340. The molecule has 2 aromatic rings. The first-order valence-corrected chi connectivity index (χ1v) is 7.12. The zero-order chi connectivity index (χ0) is 13.8. The van der Waals surface area contributed by atoms with Crippen molar-refractivity contribution in [1.29, 1.82) is 0 Å². The van der Waals surface area contributed by atoms with E-state index in [1.165, 1.54) is 18.1 Å². The van der Waals surface area contributed by atoms with Crippen molar-refractivity contribution >= 4 is 11.3 Å². The summed E-state index contributed by atoms with van der Waals surface area (Å²) in [5, 5.41) is 0. The zero-order valence-electron chi connectivity index (χ0n) is 11.2. The largest absolute Gasteiger partial charge is 0.494 e. The number of nitrogens with two attached hydrogens (primary N) is 1. The van der Waals surface area contributed by atoms with E-state index >= 15 is 0 Å². The maximum atomic E-state index is 13.6. The molecule has 0 bridgehead atoms. The fourth-order valence-electron chi connectivity index (χ4n) is 1.98. The zero-order valence-corrected chi connectivity index (χ0v) is 12.0. The molecule has 2 rings (SSSR count). The molecule has 1 aromatic heterocycles. The topological polar surface area (TPSA) is 35.2 Å². The number of ether oxygens (including phenoxy) is 1. The number of thiophene rings is 1. The Bertz CT molecular complexity index is 553. The van der Waals surface area contributed by atoms with Crippen LogP contribution in [0.4, 0.5) is 4.39 Å². The Balaban J connectivity index is 2.10. The van der Waals surface area contributed by atoms with Crippen LogP contribution in [0.25, 0.3) is 0 Å². The number of rotatable bonds is 5. The van der Waals surface area contributed by atoms with E-state index in [4.69, 9.17) is 10.5 Å². The molecule has 0 amide bonds. The molecular formula is C15H18FNOS. The molecule has 2 nitrogen and oxygen atoms in total. The van der Waals surface area contributed by atoms with Gasteiger partial charge in [0.25, 0.3) is 0 Å². The SMILES string of the molecule is CCc1ccc(C(N)Cc2ccc(OC)c(F)c2)s1. The highest BCUT2D eigenvalue weighted by Gasteiger charge is 2.11. The number of hydrogen-bond donors (Lipinski definition) is 1. The predicted octanol–water partition coefficient (Wildman–Crippen LogP) is 3.70. The summed E-state index contributed by atoms with van der Waals surface area (Å²) in [6, 6.07) is 9.08. The van der Waals surface area contributed by atoms with Gasteiger partial charge in [-0.1, -0.05) is 13.0 Å². The first-order valence-electron chi connectivity index (χ1n) is 6.30. The number of halogens is 1. The van der Waals surface area contributed by atoms with Gasteiger partial charge in [-0.3, -0.25) is 0 Å². The Hall–Kier alpha value is -1.39. The van der Waals surface area contributed by atoms with Crippen LogP contribution in [0.15, 0.2) is 30.3 Å². The molecule has 2 N–H and O–H groups in total. The molecule has 0 radical (unpaired) electrons. The normalized spacial score (nSPS) is 12.4. The van der Waals surface area contributed by atoms with Gasteiger partial charge in [0.2, 0.25) is 0 Å². The summed E-state index contributed by atoms with van der Waals surface area (Å²) in [5.74, 6) is -0.0747. The molecule has 0 aliphatic heterocycles. The van der Waals surface area contributed by atoms with E-state index in [2.05, 4.69) is 19.1 Å². The first-order chi connectivity index (χ1) is 9.13. The molecule has 0 aliphatic rings. The second-order valence-electron chi connectivity index (χ2n) is 4.44. The Morgan fingerprint density at radius 1 is 1.32 bits per heavy atom. The fourth-order valence-corrected chi connectivity index (χ4v) is 2.93. The van der Waals surface area contributed by atoms with Crippen molar-refractivity contribution < 1.29 is 9.13 Å². The third kappa shape index (κ3) is 3.33.